The van der Waals surface area contributed by atoms with E-state index in [1.165, 1.54) is 0 Å². The summed E-state index contributed by atoms with van der Waals surface area (Å²) in [7, 11) is 1.71. The van der Waals surface area contributed by atoms with Crippen LogP contribution >= 0.6 is 0 Å². The van der Waals surface area contributed by atoms with Crippen LogP contribution in [0.25, 0.3) is 0 Å². The largest absolute Gasteiger partial charge is 0.495 e. The number of anilines is 1. The normalized spacial score (nSPS) is 16.3. The number of rotatable bonds is 6. The maximum absolute atomic E-state index is 11.8. The number of ether oxygens (including phenoxy) is 1. The third kappa shape index (κ3) is 4.06. The van der Waals surface area contributed by atoms with Gasteiger partial charge in [0.1, 0.15) is 5.75 Å². The first-order valence-corrected chi connectivity index (χ1v) is 9.06. The summed E-state index contributed by atoms with van der Waals surface area (Å²) in [5.74, 6) is 0.977. The number of carbonyl (C=O) groups excluding carboxylic acids is 1. The van der Waals surface area contributed by atoms with Gasteiger partial charge in [0.15, 0.2) is 5.78 Å². The number of benzene rings is 2. The Kier molecular flexibility index (Phi) is 5.91. The minimum Gasteiger partial charge on any atom is -0.495 e. The highest BCUT2D eigenvalue weighted by Crippen LogP contribution is 2.28. The quantitative estimate of drug-likeness (QED) is 0.809. The number of para-hydroxylation sites is 2. The zero-order valence-corrected chi connectivity index (χ0v) is 15.5. The topological polar surface area (TPSA) is 58.8 Å². The first kappa shape index (κ1) is 18.4. The molecule has 0 bridgehead atoms. The van der Waals surface area contributed by atoms with Gasteiger partial charge in [-0.15, -0.1) is 0 Å². The molecular formula is C21H27N3O2. The van der Waals surface area contributed by atoms with Crippen LogP contribution in [0.15, 0.2) is 48.5 Å². The van der Waals surface area contributed by atoms with E-state index in [2.05, 4.69) is 15.9 Å². The van der Waals surface area contributed by atoms with Gasteiger partial charge >= 0.3 is 0 Å². The summed E-state index contributed by atoms with van der Waals surface area (Å²) >= 11 is 0. The van der Waals surface area contributed by atoms with Crippen LogP contribution in [0.4, 0.5) is 5.69 Å². The minimum atomic E-state index is -0.159. The molecule has 1 unspecified atom stereocenters. The molecule has 0 aromatic heterocycles. The smallest absolute Gasteiger partial charge is 0.160 e. The second-order valence-corrected chi connectivity index (χ2v) is 6.71. The van der Waals surface area contributed by atoms with Crippen LogP contribution in [-0.2, 0) is 0 Å². The van der Waals surface area contributed by atoms with Crippen molar-refractivity contribution in [1.29, 1.82) is 0 Å². The number of nitrogens with two attached hydrogens (primary N) is 1. The number of ketones is 1. The standard InChI is InChI=1S/C21H27N3O2/c1-16(25)17-7-3-4-8-18(17)19(22)15-23-11-13-24(14-12-23)20-9-5-6-10-21(20)26-2/h3-10,19H,11-15,22H2,1-2H3. The summed E-state index contributed by atoms with van der Waals surface area (Å²) in [6.45, 7) is 6.09. The number of hydrogen-bond acceptors (Lipinski definition) is 5. The van der Waals surface area contributed by atoms with E-state index in [0.29, 0.717) is 0 Å². The van der Waals surface area contributed by atoms with Gasteiger partial charge in [0.25, 0.3) is 0 Å². The average Bonchev–Trinajstić information content (AvgIpc) is 2.68. The summed E-state index contributed by atoms with van der Waals surface area (Å²) in [5, 5.41) is 0. The van der Waals surface area contributed by atoms with Crippen molar-refractivity contribution >= 4 is 11.5 Å². The summed E-state index contributed by atoms with van der Waals surface area (Å²) < 4.78 is 5.48. The first-order valence-electron chi connectivity index (χ1n) is 9.06. The van der Waals surface area contributed by atoms with Crippen LogP contribution < -0.4 is 15.4 Å². The number of piperazine rings is 1. The van der Waals surface area contributed by atoms with Gasteiger partial charge in [0.05, 0.1) is 12.8 Å². The summed E-state index contributed by atoms with van der Waals surface area (Å²) in [4.78, 5) is 16.6. The zero-order valence-electron chi connectivity index (χ0n) is 15.5. The Hall–Kier alpha value is -2.37. The van der Waals surface area contributed by atoms with Gasteiger partial charge < -0.3 is 15.4 Å². The van der Waals surface area contributed by atoms with E-state index >= 15 is 0 Å². The predicted molar refractivity (Wildman–Crippen MR) is 105 cm³/mol. The lowest BCUT2D eigenvalue weighted by Gasteiger charge is -2.37. The molecule has 1 heterocycles. The van der Waals surface area contributed by atoms with Gasteiger partial charge in [0.2, 0.25) is 0 Å². The molecule has 1 saturated heterocycles. The van der Waals surface area contributed by atoms with Crippen molar-refractivity contribution in [3.05, 3.63) is 59.7 Å². The fraction of sp³-hybridized carbons (Fsp3) is 0.381. The Morgan fingerprint density at radius 2 is 1.73 bits per heavy atom. The van der Waals surface area contributed by atoms with Crippen molar-refractivity contribution in [2.24, 2.45) is 5.73 Å². The lowest BCUT2D eigenvalue weighted by atomic mass is 9.98. The van der Waals surface area contributed by atoms with Crippen molar-refractivity contribution in [2.45, 2.75) is 13.0 Å². The molecule has 1 aliphatic heterocycles. The molecule has 2 N–H and O–H groups in total. The lowest BCUT2D eigenvalue weighted by Crippen LogP contribution is -2.48. The molecule has 0 amide bonds. The van der Waals surface area contributed by atoms with Crippen LogP contribution in [0.3, 0.4) is 0 Å². The fourth-order valence-electron chi connectivity index (χ4n) is 3.58. The highest BCUT2D eigenvalue weighted by atomic mass is 16.5. The third-order valence-corrected chi connectivity index (χ3v) is 4.99. The number of Topliss-reactive ketones (excluding diaryl/α,β-unsaturated/α-hetero) is 1. The first-order chi connectivity index (χ1) is 12.6. The molecule has 138 valence electrons. The Bertz CT molecular complexity index is 754. The molecule has 0 radical (unpaired) electrons. The second kappa shape index (κ2) is 8.34. The van der Waals surface area contributed by atoms with Gasteiger partial charge in [-0.1, -0.05) is 36.4 Å². The van der Waals surface area contributed by atoms with Crippen LogP contribution in [0.1, 0.15) is 28.9 Å². The molecule has 1 atom stereocenters. The van der Waals surface area contributed by atoms with E-state index in [9.17, 15) is 4.79 Å². The molecule has 3 rings (SSSR count). The third-order valence-electron chi connectivity index (χ3n) is 4.99. The Labute approximate surface area is 155 Å². The van der Waals surface area contributed by atoms with Gasteiger partial charge in [-0.25, -0.2) is 0 Å². The number of carbonyl (C=O) groups is 1. The van der Waals surface area contributed by atoms with Crippen molar-refractivity contribution in [3.63, 3.8) is 0 Å². The molecule has 0 saturated carbocycles. The second-order valence-electron chi connectivity index (χ2n) is 6.71. The Morgan fingerprint density at radius 3 is 2.42 bits per heavy atom. The van der Waals surface area contributed by atoms with E-state index in [1.807, 2.05) is 42.5 Å². The van der Waals surface area contributed by atoms with E-state index < -0.39 is 0 Å². The Balaban J connectivity index is 1.62. The predicted octanol–water partition coefficient (Wildman–Crippen LogP) is 2.72. The van der Waals surface area contributed by atoms with Crippen molar-refractivity contribution in [2.75, 3.05) is 44.7 Å². The average molecular weight is 353 g/mol. The SMILES string of the molecule is COc1ccccc1N1CCN(CC(N)c2ccccc2C(C)=O)CC1. The van der Waals surface area contributed by atoms with Crippen LogP contribution in [0, 0.1) is 0 Å². The maximum Gasteiger partial charge on any atom is 0.160 e. The molecule has 2 aromatic rings. The van der Waals surface area contributed by atoms with Crippen LogP contribution in [0.5, 0.6) is 5.75 Å². The van der Waals surface area contributed by atoms with E-state index in [-0.39, 0.29) is 11.8 Å². The van der Waals surface area contributed by atoms with Crippen LogP contribution in [-0.4, -0.2) is 50.5 Å². The van der Waals surface area contributed by atoms with Crippen LogP contribution in [0.2, 0.25) is 0 Å². The molecule has 2 aromatic carbocycles. The molecule has 1 fully saturated rings. The molecule has 5 nitrogen and oxygen atoms in total. The Morgan fingerprint density at radius 1 is 1.08 bits per heavy atom. The highest BCUT2D eigenvalue weighted by molar-refractivity contribution is 5.95. The highest BCUT2D eigenvalue weighted by Gasteiger charge is 2.22. The van der Waals surface area contributed by atoms with E-state index in [1.54, 1.807) is 14.0 Å². The number of nitrogens with zero attached hydrogens (tertiary/aromatic N) is 2. The van der Waals surface area contributed by atoms with Gasteiger partial charge in [-0.3, -0.25) is 9.69 Å². The van der Waals surface area contributed by atoms with E-state index in [0.717, 1.165) is 55.3 Å². The summed E-state index contributed by atoms with van der Waals surface area (Å²) in [6, 6.07) is 15.6. The molecule has 0 spiro atoms. The summed E-state index contributed by atoms with van der Waals surface area (Å²) in [5.41, 5.74) is 9.23. The van der Waals surface area contributed by atoms with Gasteiger partial charge in [-0.05, 0) is 24.6 Å². The molecule has 0 aliphatic carbocycles. The van der Waals surface area contributed by atoms with Crippen molar-refractivity contribution in [3.8, 4) is 5.75 Å². The fourth-order valence-corrected chi connectivity index (χ4v) is 3.58. The van der Waals surface area contributed by atoms with Gasteiger partial charge in [0, 0.05) is 44.3 Å². The molecule has 5 heteroatoms. The number of methoxy groups -OCH3 is 1. The van der Waals surface area contributed by atoms with E-state index in [4.69, 9.17) is 10.5 Å². The minimum absolute atomic E-state index is 0.0667. The van der Waals surface area contributed by atoms with Gasteiger partial charge in [-0.2, -0.15) is 0 Å². The number of hydrogen-bond donors (Lipinski definition) is 1. The molecule has 1 aliphatic rings. The monoisotopic (exact) mass is 353 g/mol. The van der Waals surface area contributed by atoms with Crippen molar-refractivity contribution < 1.29 is 9.53 Å². The molecular weight excluding hydrogens is 326 g/mol. The summed E-state index contributed by atoms with van der Waals surface area (Å²) in [6.07, 6.45) is 0. The van der Waals surface area contributed by atoms with Crippen molar-refractivity contribution in [1.82, 2.24) is 4.90 Å². The zero-order chi connectivity index (χ0) is 18.5. The lowest BCUT2D eigenvalue weighted by molar-refractivity contribution is 0.101. The maximum atomic E-state index is 11.8. The molecule has 26 heavy (non-hydrogen) atoms.